The molecule has 0 fully saturated rings. The second-order valence-electron chi connectivity index (χ2n) is 5.85. The van der Waals surface area contributed by atoms with Gasteiger partial charge in [0, 0.05) is 6.42 Å². The molecular formula is C17H32O2. The molecule has 0 saturated heterocycles. The maximum Gasteiger partial charge on any atom is 0.303 e. The number of carbonyl (C=O) groups is 1. The molecule has 0 aromatic rings. The van der Waals surface area contributed by atoms with Crippen molar-refractivity contribution >= 4 is 5.97 Å². The lowest BCUT2D eigenvalue weighted by Gasteiger charge is -2.02. The minimum atomic E-state index is -0.669. The van der Waals surface area contributed by atoms with Crippen molar-refractivity contribution in [2.75, 3.05) is 0 Å². The Balaban J connectivity index is 3.11. The van der Waals surface area contributed by atoms with Gasteiger partial charge in [-0.15, -0.1) is 0 Å². The van der Waals surface area contributed by atoms with Crippen LogP contribution in [0.4, 0.5) is 0 Å². The summed E-state index contributed by atoms with van der Waals surface area (Å²) in [4.78, 5) is 10.3. The molecule has 0 amide bonds. The Kier molecular flexibility index (Phi) is 13.1. The number of hydrogen-bond donors (Lipinski definition) is 1. The molecule has 0 radical (unpaired) electrons. The average Bonchev–Trinajstić information content (AvgIpc) is 2.34. The predicted octanol–water partition coefficient (Wildman–Crippen LogP) is 5.57. The summed E-state index contributed by atoms with van der Waals surface area (Å²) in [6.07, 6.45) is 16.9. The predicted molar refractivity (Wildman–Crippen MR) is 82.4 cm³/mol. The molecule has 0 aromatic carbocycles. The van der Waals surface area contributed by atoms with Crippen LogP contribution >= 0.6 is 0 Å². The van der Waals surface area contributed by atoms with Gasteiger partial charge in [0.25, 0.3) is 0 Å². The second-order valence-corrected chi connectivity index (χ2v) is 5.85. The van der Waals surface area contributed by atoms with Crippen molar-refractivity contribution < 1.29 is 9.90 Å². The van der Waals surface area contributed by atoms with E-state index in [1.165, 1.54) is 38.5 Å². The van der Waals surface area contributed by atoms with Gasteiger partial charge in [0.1, 0.15) is 0 Å². The van der Waals surface area contributed by atoms with Crippen molar-refractivity contribution in [3.63, 3.8) is 0 Å². The first kappa shape index (κ1) is 18.2. The molecule has 0 aromatic heterocycles. The standard InChI is InChI=1S/C17H32O2/c1-16(2)14-12-10-8-6-4-3-5-7-9-11-13-15-17(18)19/h3-4,16H,5-15H2,1-2H3,(H,18,19). The Morgan fingerprint density at radius 1 is 0.895 bits per heavy atom. The van der Waals surface area contributed by atoms with Crippen molar-refractivity contribution in [2.24, 2.45) is 5.92 Å². The maximum atomic E-state index is 10.3. The summed E-state index contributed by atoms with van der Waals surface area (Å²) in [5, 5.41) is 8.49. The van der Waals surface area contributed by atoms with E-state index in [1.807, 2.05) is 0 Å². The number of allylic oxidation sites excluding steroid dienone is 2. The molecule has 112 valence electrons. The molecule has 2 heteroatoms. The van der Waals surface area contributed by atoms with Crippen LogP contribution in [0.2, 0.25) is 0 Å². The Hall–Kier alpha value is -0.790. The molecule has 0 atom stereocenters. The number of rotatable bonds is 13. The topological polar surface area (TPSA) is 37.3 Å². The lowest BCUT2D eigenvalue weighted by Crippen LogP contribution is -1.93. The minimum absolute atomic E-state index is 0.326. The van der Waals surface area contributed by atoms with E-state index < -0.39 is 5.97 Å². The summed E-state index contributed by atoms with van der Waals surface area (Å²) >= 11 is 0. The van der Waals surface area contributed by atoms with Gasteiger partial charge in [0.15, 0.2) is 0 Å². The summed E-state index contributed by atoms with van der Waals surface area (Å²) in [6, 6.07) is 0. The van der Waals surface area contributed by atoms with Crippen molar-refractivity contribution in [1.82, 2.24) is 0 Å². The molecule has 0 aliphatic heterocycles. The molecule has 0 aliphatic rings. The van der Waals surface area contributed by atoms with Gasteiger partial charge in [0.05, 0.1) is 0 Å². The highest BCUT2D eigenvalue weighted by molar-refractivity contribution is 5.66. The lowest BCUT2D eigenvalue weighted by atomic mass is 10.0. The smallest absolute Gasteiger partial charge is 0.303 e. The Morgan fingerprint density at radius 2 is 1.42 bits per heavy atom. The largest absolute Gasteiger partial charge is 0.481 e. The number of unbranched alkanes of at least 4 members (excludes halogenated alkanes) is 7. The van der Waals surface area contributed by atoms with Gasteiger partial charge < -0.3 is 5.11 Å². The van der Waals surface area contributed by atoms with Crippen LogP contribution in [0.25, 0.3) is 0 Å². The van der Waals surface area contributed by atoms with E-state index in [0.717, 1.165) is 31.6 Å². The molecule has 0 rings (SSSR count). The van der Waals surface area contributed by atoms with E-state index in [2.05, 4.69) is 26.0 Å². The molecule has 2 nitrogen and oxygen atoms in total. The number of aliphatic carboxylic acids is 1. The van der Waals surface area contributed by atoms with Gasteiger partial charge in [-0.2, -0.15) is 0 Å². The zero-order valence-corrected chi connectivity index (χ0v) is 12.9. The van der Waals surface area contributed by atoms with E-state index in [4.69, 9.17) is 5.11 Å². The first-order chi connectivity index (χ1) is 9.13. The molecule has 0 unspecified atom stereocenters. The first-order valence-electron chi connectivity index (χ1n) is 7.99. The molecule has 19 heavy (non-hydrogen) atoms. The second kappa shape index (κ2) is 13.6. The fraction of sp³-hybridized carbons (Fsp3) is 0.824. The third kappa shape index (κ3) is 17.2. The van der Waals surface area contributed by atoms with Crippen LogP contribution in [0.3, 0.4) is 0 Å². The number of hydrogen-bond acceptors (Lipinski definition) is 1. The van der Waals surface area contributed by atoms with Crippen molar-refractivity contribution in [1.29, 1.82) is 0 Å². The van der Waals surface area contributed by atoms with Crippen molar-refractivity contribution in [3.05, 3.63) is 12.2 Å². The molecule has 0 saturated carbocycles. The molecule has 0 bridgehead atoms. The third-order valence-electron chi connectivity index (χ3n) is 3.33. The molecule has 1 N–H and O–H groups in total. The van der Waals surface area contributed by atoms with Crippen LogP contribution in [-0.2, 0) is 4.79 Å². The minimum Gasteiger partial charge on any atom is -0.481 e. The van der Waals surface area contributed by atoms with Gasteiger partial charge in [0.2, 0.25) is 0 Å². The van der Waals surface area contributed by atoms with Crippen molar-refractivity contribution in [2.45, 2.75) is 84.5 Å². The summed E-state index contributed by atoms with van der Waals surface area (Å²) in [5.41, 5.74) is 0. The van der Waals surface area contributed by atoms with E-state index in [-0.39, 0.29) is 0 Å². The Bertz CT molecular complexity index is 231. The van der Waals surface area contributed by atoms with E-state index in [0.29, 0.717) is 6.42 Å². The summed E-state index contributed by atoms with van der Waals surface area (Å²) in [7, 11) is 0. The quantitative estimate of drug-likeness (QED) is 0.350. The average molecular weight is 268 g/mol. The van der Waals surface area contributed by atoms with E-state index >= 15 is 0 Å². The monoisotopic (exact) mass is 268 g/mol. The van der Waals surface area contributed by atoms with E-state index in [9.17, 15) is 4.79 Å². The van der Waals surface area contributed by atoms with Crippen LogP contribution in [-0.4, -0.2) is 11.1 Å². The zero-order chi connectivity index (χ0) is 14.3. The van der Waals surface area contributed by atoms with Gasteiger partial charge in [-0.3, -0.25) is 4.79 Å². The summed E-state index contributed by atoms with van der Waals surface area (Å²) in [5.74, 6) is 0.175. The maximum absolute atomic E-state index is 10.3. The lowest BCUT2D eigenvalue weighted by molar-refractivity contribution is -0.137. The molecule has 0 spiro atoms. The van der Waals surface area contributed by atoms with Crippen LogP contribution in [0.1, 0.15) is 84.5 Å². The fourth-order valence-electron chi connectivity index (χ4n) is 2.12. The zero-order valence-electron chi connectivity index (χ0n) is 12.9. The van der Waals surface area contributed by atoms with Crippen LogP contribution in [0.15, 0.2) is 12.2 Å². The first-order valence-corrected chi connectivity index (χ1v) is 7.99. The SMILES string of the molecule is CC(C)CCCCCC=CCCCCCCC(=O)O. The molecule has 0 aliphatic carbocycles. The van der Waals surface area contributed by atoms with Gasteiger partial charge in [-0.25, -0.2) is 0 Å². The Labute approximate surface area is 119 Å². The number of carboxylic acids is 1. The number of carboxylic acid groups (broad SMARTS) is 1. The van der Waals surface area contributed by atoms with Crippen LogP contribution in [0, 0.1) is 5.92 Å². The van der Waals surface area contributed by atoms with Crippen LogP contribution in [0.5, 0.6) is 0 Å². The highest BCUT2D eigenvalue weighted by Crippen LogP contribution is 2.10. The summed E-state index contributed by atoms with van der Waals surface area (Å²) in [6.45, 7) is 4.58. The molecular weight excluding hydrogens is 236 g/mol. The third-order valence-corrected chi connectivity index (χ3v) is 3.33. The van der Waals surface area contributed by atoms with Crippen LogP contribution < -0.4 is 0 Å². The normalized spacial score (nSPS) is 11.5. The summed E-state index contributed by atoms with van der Waals surface area (Å²) < 4.78 is 0. The van der Waals surface area contributed by atoms with Gasteiger partial charge >= 0.3 is 5.97 Å². The highest BCUT2D eigenvalue weighted by Gasteiger charge is 1.95. The van der Waals surface area contributed by atoms with E-state index in [1.54, 1.807) is 0 Å². The molecule has 0 heterocycles. The van der Waals surface area contributed by atoms with Gasteiger partial charge in [-0.05, 0) is 38.0 Å². The van der Waals surface area contributed by atoms with Gasteiger partial charge in [-0.1, -0.05) is 58.1 Å². The highest BCUT2D eigenvalue weighted by atomic mass is 16.4. The fourth-order valence-corrected chi connectivity index (χ4v) is 2.12. The van der Waals surface area contributed by atoms with Crippen molar-refractivity contribution in [3.8, 4) is 0 Å². The Morgan fingerprint density at radius 3 is 1.95 bits per heavy atom.